The molecule has 8 heteroatoms. The number of nitrogens with one attached hydrogen (secondary N) is 2. The van der Waals surface area contributed by atoms with Gasteiger partial charge < -0.3 is 14.5 Å². The van der Waals surface area contributed by atoms with Crippen LogP contribution in [-0.4, -0.2) is 24.0 Å². The molecule has 3 rings (SSSR count). The number of benzene rings is 2. The van der Waals surface area contributed by atoms with E-state index in [1.807, 2.05) is 32.0 Å². The third-order valence-electron chi connectivity index (χ3n) is 4.14. The van der Waals surface area contributed by atoms with E-state index < -0.39 is 17.8 Å². The fourth-order valence-electron chi connectivity index (χ4n) is 2.62. The normalized spacial score (nSPS) is 10.6. The van der Waals surface area contributed by atoms with Crippen LogP contribution in [-0.2, 0) is 9.59 Å². The van der Waals surface area contributed by atoms with Crippen molar-refractivity contribution in [3.05, 3.63) is 83.3 Å². The number of hydrogen-bond donors (Lipinski definition) is 2. The molecule has 0 aliphatic carbocycles. The lowest BCUT2D eigenvalue weighted by molar-refractivity contribution is -0.136. The average Bonchev–Trinajstić information content (AvgIpc) is 3.27. The van der Waals surface area contributed by atoms with Crippen molar-refractivity contribution in [2.75, 3.05) is 5.32 Å². The Labute approximate surface area is 172 Å². The smallest absolute Gasteiger partial charge is 0.379 e. The number of amides is 2. The van der Waals surface area contributed by atoms with Gasteiger partial charge in [-0.25, -0.2) is 10.2 Å². The van der Waals surface area contributed by atoms with Crippen molar-refractivity contribution < 1.29 is 23.5 Å². The lowest BCUT2D eigenvalue weighted by Gasteiger charge is -2.10. The standard InChI is InChI=1S/C22H19N3O5/c1-14-7-5-8-15(2)19(14)24-20(26)21(27)25-23-13-16-9-3-4-10-17(16)30-22(28)18-11-6-12-29-18/h3-13H,1-2H3,(H,24,26)(H,25,27)/b23-13+. The van der Waals surface area contributed by atoms with Crippen LogP contribution in [0.25, 0.3) is 0 Å². The minimum absolute atomic E-state index is 0.0539. The number of anilines is 1. The third kappa shape index (κ3) is 4.99. The van der Waals surface area contributed by atoms with Gasteiger partial charge in [0, 0.05) is 11.3 Å². The molecule has 0 aliphatic heterocycles. The van der Waals surface area contributed by atoms with E-state index in [2.05, 4.69) is 15.8 Å². The number of rotatable bonds is 5. The van der Waals surface area contributed by atoms with Crippen LogP contribution in [0.1, 0.15) is 27.2 Å². The van der Waals surface area contributed by atoms with E-state index in [9.17, 15) is 14.4 Å². The van der Waals surface area contributed by atoms with Crippen LogP contribution >= 0.6 is 0 Å². The summed E-state index contributed by atoms with van der Waals surface area (Å²) in [7, 11) is 0. The summed E-state index contributed by atoms with van der Waals surface area (Å²) in [6.45, 7) is 3.67. The molecule has 0 saturated carbocycles. The number of carbonyl (C=O) groups excluding carboxylic acids is 3. The van der Waals surface area contributed by atoms with E-state index in [0.29, 0.717) is 11.3 Å². The molecule has 0 fully saturated rings. The highest BCUT2D eigenvalue weighted by atomic mass is 16.5. The predicted octanol–water partition coefficient (Wildman–Crippen LogP) is 3.20. The molecular formula is C22H19N3O5. The van der Waals surface area contributed by atoms with Crippen molar-refractivity contribution in [2.45, 2.75) is 13.8 Å². The number of hydrazone groups is 1. The Morgan fingerprint density at radius 3 is 2.37 bits per heavy atom. The fourth-order valence-corrected chi connectivity index (χ4v) is 2.62. The molecule has 0 radical (unpaired) electrons. The quantitative estimate of drug-likeness (QED) is 0.223. The molecule has 0 bridgehead atoms. The predicted molar refractivity (Wildman–Crippen MR) is 110 cm³/mol. The lowest BCUT2D eigenvalue weighted by Crippen LogP contribution is -2.32. The van der Waals surface area contributed by atoms with E-state index in [4.69, 9.17) is 9.15 Å². The molecule has 2 N–H and O–H groups in total. The second kappa shape index (κ2) is 9.33. The number of nitrogens with zero attached hydrogens (tertiary/aromatic N) is 1. The van der Waals surface area contributed by atoms with Gasteiger partial charge in [0.25, 0.3) is 0 Å². The summed E-state index contributed by atoms with van der Waals surface area (Å²) >= 11 is 0. The maximum absolute atomic E-state index is 12.1. The van der Waals surface area contributed by atoms with Gasteiger partial charge >= 0.3 is 17.8 Å². The monoisotopic (exact) mass is 405 g/mol. The highest BCUT2D eigenvalue weighted by Gasteiger charge is 2.16. The Balaban J connectivity index is 1.63. The lowest BCUT2D eigenvalue weighted by atomic mass is 10.1. The second-order valence-corrected chi connectivity index (χ2v) is 6.32. The number of aryl methyl sites for hydroxylation is 2. The summed E-state index contributed by atoms with van der Waals surface area (Å²) in [5.74, 6) is -2.17. The molecule has 0 unspecified atom stereocenters. The molecule has 2 aromatic carbocycles. The Bertz CT molecular complexity index is 1080. The first-order chi connectivity index (χ1) is 14.5. The van der Waals surface area contributed by atoms with Gasteiger partial charge in [-0.15, -0.1) is 0 Å². The van der Waals surface area contributed by atoms with Crippen molar-refractivity contribution in [1.82, 2.24) is 5.43 Å². The summed E-state index contributed by atoms with van der Waals surface area (Å²) in [5, 5.41) is 6.36. The fraction of sp³-hybridized carbons (Fsp3) is 0.0909. The molecule has 3 aromatic rings. The molecule has 1 heterocycles. The number of carbonyl (C=O) groups is 3. The first-order valence-corrected chi connectivity index (χ1v) is 9.01. The van der Waals surface area contributed by atoms with E-state index in [-0.39, 0.29) is 11.5 Å². The van der Waals surface area contributed by atoms with Gasteiger partial charge in [0.2, 0.25) is 5.76 Å². The van der Waals surface area contributed by atoms with E-state index in [0.717, 1.165) is 11.1 Å². The van der Waals surface area contributed by atoms with Crippen LogP contribution < -0.4 is 15.5 Å². The first kappa shape index (κ1) is 20.5. The summed E-state index contributed by atoms with van der Waals surface area (Å²) in [6, 6.07) is 15.2. The van der Waals surface area contributed by atoms with Crippen LogP contribution in [0.5, 0.6) is 5.75 Å². The highest BCUT2D eigenvalue weighted by Crippen LogP contribution is 2.19. The van der Waals surface area contributed by atoms with E-state index in [1.165, 1.54) is 18.5 Å². The third-order valence-corrected chi connectivity index (χ3v) is 4.14. The van der Waals surface area contributed by atoms with Crippen molar-refractivity contribution in [3.63, 3.8) is 0 Å². The molecule has 0 saturated heterocycles. The molecule has 152 valence electrons. The molecule has 1 aromatic heterocycles. The number of esters is 1. The number of hydrogen-bond acceptors (Lipinski definition) is 6. The maximum Gasteiger partial charge on any atom is 0.379 e. The number of para-hydroxylation sites is 2. The summed E-state index contributed by atoms with van der Waals surface area (Å²) < 4.78 is 10.3. The molecular weight excluding hydrogens is 386 g/mol. The van der Waals surface area contributed by atoms with Crippen molar-refractivity contribution in [1.29, 1.82) is 0 Å². The Kier molecular flexibility index (Phi) is 6.39. The van der Waals surface area contributed by atoms with Gasteiger partial charge in [0.15, 0.2) is 0 Å². The SMILES string of the molecule is Cc1cccc(C)c1NC(=O)C(=O)N/N=C/c1ccccc1OC(=O)c1ccco1. The Morgan fingerprint density at radius 2 is 1.67 bits per heavy atom. The van der Waals surface area contributed by atoms with Crippen molar-refractivity contribution >= 4 is 29.7 Å². The molecule has 30 heavy (non-hydrogen) atoms. The number of furan rings is 1. The van der Waals surface area contributed by atoms with E-state index >= 15 is 0 Å². The van der Waals surface area contributed by atoms with Gasteiger partial charge in [-0.2, -0.15) is 5.10 Å². The van der Waals surface area contributed by atoms with Gasteiger partial charge in [0.1, 0.15) is 5.75 Å². The molecule has 8 nitrogen and oxygen atoms in total. The van der Waals surface area contributed by atoms with Crippen LogP contribution in [0, 0.1) is 13.8 Å². The van der Waals surface area contributed by atoms with Crippen molar-refractivity contribution in [2.24, 2.45) is 5.10 Å². The first-order valence-electron chi connectivity index (χ1n) is 9.01. The molecule has 0 atom stereocenters. The van der Waals surface area contributed by atoms with Crippen molar-refractivity contribution in [3.8, 4) is 5.75 Å². The van der Waals surface area contributed by atoms with Crippen LogP contribution in [0.15, 0.2) is 70.4 Å². The van der Waals surface area contributed by atoms with Crippen LogP contribution in [0.4, 0.5) is 5.69 Å². The van der Waals surface area contributed by atoms with Gasteiger partial charge in [0.05, 0.1) is 12.5 Å². The maximum atomic E-state index is 12.1. The number of ether oxygens (including phenoxy) is 1. The molecule has 2 amide bonds. The van der Waals surface area contributed by atoms with Gasteiger partial charge in [-0.05, 0) is 49.2 Å². The summed E-state index contributed by atoms with van der Waals surface area (Å²) in [4.78, 5) is 36.2. The summed E-state index contributed by atoms with van der Waals surface area (Å²) in [5.41, 5.74) is 4.84. The Hall–Kier alpha value is -4.20. The van der Waals surface area contributed by atoms with Crippen LogP contribution in [0.3, 0.4) is 0 Å². The average molecular weight is 405 g/mol. The molecule has 0 aliphatic rings. The van der Waals surface area contributed by atoms with Crippen LogP contribution in [0.2, 0.25) is 0 Å². The van der Waals surface area contributed by atoms with E-state index in [1.54, 1.807) is 30.3 Å². The second-order valence-electron chi connectivity index (χ2n) is 6.32. The zero-order chi connectivity index (χ0) is 21.5. The summed E-state index contributed by atoms with van der Waals surface area (Å²) in [6.07, 6.45) is 2.64. The highest BCUT2D eigenvalue weighted by molar-refractivity contribution is 6.39. The largest absolute Gasteiger partial charge is 0.457 e. The topological polar surface area (TPSA) is 110 Å². The molecule has 0 spiro atoms. The minimum Gasteiger partial charge on any atom is -0.457 e. The zero-order valence-corrected chi connectivity index (χ0v) is 16.3. The Morgan fingerprint density at radius 1 is 0.933 bits per heavy atom. The van der Waals surface area contributed by atoms with Gasteiger partial charge in [-0.3, -0.25) is 9.59 Å². The van der Waals surface area contributed by atoms with Gasteiger partial charge in [-0.1, -0.05) is 30.3 Å². The minimum atomic E-state index is -0.932. The zero-order valence-electron chi connectivity index (χ0n) is 16.3.